The van der Waals surface area contributed by atoms with Gasteiger partial charge in [0.2, 0.25) is 0 Å². The fraction of sp³-hybridized carbons (Fsp3) is 0.647. The van der Waals surface area contributed by atoms with Gasteiger partial charge in [-0.15, -0.1) is 0 Å². The molecule has 370 valence electrons. The van der Waals surface area contributed by atoms with Crippen molar-refractivity contribution in [3.05, 3.63) is 97.2 Å². The van der Waals surface area contributed by atoms with E-state index in [9.17, 15) is 44.6 Å². The van der Waals surface area contributed by atoms with Gasteiger partial charge in [0.25, 0.3) is 0 Å². The van der Waals surface area contributed by atoms with Crippen LogP contribution < -0.4 is 0 Å². The second-order valence-electron chi connectivity index (χ2n) is 16.2. The molecule has 1 fully saturated rings. The highest BCUT2D eigenvalue weighted by atomic mass is 31.2. The van der Waals surface area contributed by atoms with E-state index < -0.39 is 75.7 Å². The Balaban J connectivity index is 2.54. The van der Waals surface area contributed by atoms with Crippen LogP contribution in [0.25, 0.3) is 0 Å². The maximum absolute atomic E-state index is 12.8. The van der Waals surface area contributed by atoms with E-state index in [2.05, 4.69) is 86.8 Å². The first-order valence-electron chi connectivity index (χ1n) is 24.0. The predicted molar refractivity (Wildman–Crippen MR) is 258 cm³/mol. The molecule has 6 N–H and O–H groups in total. The van der Waals surface area contributed by atoms with E-state index in [0.717, 1.165) is 44.9 Å². The molecule has 1 saturated carbocycles. The first-order valence-corrected chi connectivity index (χ1v) is 25.5. The topological polar surface area (TPSA) is 210 Å². The van der Waals surface area contributed by atoms with Gasteiger partial charge < -0.3 is 39.9 Å². The largest absolute Gasteiger partial charge is 0.472 e. The van der Waals surface area contributed by atoms with Crippen LogP contribution in [0.15, 0.2) is 97.2 Å². The number of carbonyl (C=O) groups excluding carboxylic acids is 2. The highest BCUT2D eigenvalue weighted by Gasteiger charge is 2.51. The molecule has 1 rings (SSSR count). The second kappa shape index (κ2) is 39.9. The molecule has 0 heterocycles. The van der Waals surface area contributed by atoms with Gasteiger partial charge in [0, 0.05) is 12.8 Å². The Morgan fingerprint density at radius 2 is 0.908 bits per heavy atom. The Kier molecular flexibility index (Phi) is 36.7. The molecule has 0 aromatic heterocycles. The van der Waals surface area contributed by atoms with Crippen molar-refractivity contribution in [3.8, 4) is 0 Å². The van der Waals surface area contributed by atoms with E-state index in [-0.39, 0.29) is 12.8 Å². The van der Waals surface area contributed by atoms with Crippen molar-refractivity contribution >= 4 is 19.8 Å². The van der Waals surface area contributed by atoms with Crippen LogP contribution in [0, 0.1) is 0 Å². The van der Waals surface area contributed by atoms with E-state index >= 15 is 0 Å². The minimum Gasteiger partial charge on any atom is -0.462 e. The third-order valence-corrected chi connectivity index (χ3v) is 11.4. The summed E-state index contributed by atoms with van der Waals surface area (Å²) in [7, 11) is -5.16. The summed E-state index contributed by atoms with van der Waals surface area (Å²) in [5.41, 5.74) is 0. The Bertz CT molecular complexity index is 1500. The smallest absolute Gasteiger partial charge is 0.462 e. The van der Waals surface area contributed by atoms with Crippen LogP contribution in [-0.2, 0) is 32.7 Å². The number of phosphoric ester groups is 1. The molecule has 0 aromatic rings. The molecule has 0 amide bonds. The minimum atomic E-state index is -5.16. The summed E-state index contributed by atoms with van der Waals surface area (Å²) in [4.78, 5) is 35.7. The quantitative estimate of drug-likeness (QED) is 0.0148. The van der Waals surface area contributed by atoms with Gasteiger partial charge in [0.15, 0.2) is 6.10 Å². The molecule has 0 aliphatic heterocycles. The Labute approximate surface area is 390 Å². The van der Waals surface area contributed by atoms with Gasteiger partial charge in [0.05, 0.1) is 6.61 Å². The number of ether oxygens (including phenoxy) is 2. The molecule has 6 unspecified atom stereocenters. The van der Waals surface area contributed by atoms with Gasteiger partial charge in [-0.1, -0.05) is 162 Å². The van der Waals surface area contributed by atoms with Crippen LogP contribution in [0.4, 0.5) is 0 Å². The second-order valence-corrected chi connectivity index (χ2v) is 17.6. The summed E-state index contributed by atoms with van der Waals surface area (Å²) in [6.07, 6.45) is 40.5. The highest BCUT2D eigenvalue weighted by Crippen LogP contribution is 2.47. The van der Waals surface area contributed by atoms with Crippen LogP contribution in [0.2, 0.25) is 0 Å². The van der Waals surface area contributed by atoms with Crippen molar-refractivity contribution in [2.75, 3.05) is 13.2 Å². The number of carbonyl (C=O) groups is 2. The lowest BCUT2D eigenvalue weighted by Crippen LogP contribution is -2.64. The van der Waals surface area contributed by atoms with Gasteiger partial charge in [-0.3, -0.25) is 18.6 Å². The minimum absolute atomic E-state index is 0.0424. The number of hydrogen-bond acceptors (Lipinski definition) is 12. The molecule has 0 radical (unpaired) electrons. The van der Waals surface area contributed by atoms with Gasteiger partial charge >= 0.3 is 19.8 Å². The average Bonchev–Trinajstić information content (AvgIpc) is 3.29. The van der Waals surface area contributed by atoms with Crippen molar-refractivity contribution in [3.63, 3.8) is 0 Å². The lowest BCUT2D eigenvalue weighted by molar-refractivity contribution is -0.220. The number of rotatable bonds is 38. The average molecular weight is 935 g/mol. The third kappa shape index (κ3) is 32.2. The van der Waals surface area contributed by atoms with Crippen LogP contribution in [-0.4, -0.2) is 98.3 Å². The normalized spacial score (nSPS) is 22.3. The van der Waals surface area contributed by atoms with Gasteiger partial charge in [0.1, 0.15) is 43.2 Å². The molecule has 14 heteroatoms. The SMILES string of the molecule is CC/C=C/C/C=C/C/C=C/C/C=C/C/C=C/C/C=C/CCC(=O)O[C@H](COC(=O)CCC/C=C/C/C=C/CCCCCCCCCCC)COP(=O)(O)OC1C(O)C(O)C(O)[C@@H](O)C1O. The predicted octanol–water partition coefficient (Wildman–Crippen LogP) is 9.83. The summed E-state index contributed by atoms with van der Waals surface area (Å²) in [5, 5.41) is 50.2. The van der Waals surface area contributed by atoms with Crippen molar-refractivity contribution < 1.29 is 63.1 Å². The van der Waals surface area contributed by atoms with Crippen molar-refractivity contribution in [1.29, 1.82) is 0 Å². The summed E-state index contributed by atoms with van der Waals surface area (Å²) in [5.74, 6) is -1.26. The maximum Gasteiger partial charge on any atom is 0.472 e. The molecule has 1 aliphatic carbocycles. The van der Waals surface area contributed by atoms with E-state index in [0.29, 0.717) is 25.7 Å². The van der Waals surface area contributed by atoms with E-state index in [1.54, 1.807) is 0 Å². The molecular formula is C51H83O13P. The number of aliphatic hydroxyl groups excluding tert-OH is 5. The Hall–Kier alpha value is -3.23. The lowest BCUT2D eigenvalue weighted by atomic mass is 9.85. The summed E-state index contributed by atoms with van der Waals surface area (Å²) < 4.78 is 33.4. The number of esters is 2. The zero-order valence-electron chi connectivity index (χ0n) is 39.2. The fourth-order valence-corrected chi connectivity index (χ4v) is 7.56. The van der Waals surface area contributed by atoms with Crippen LogP contribution in [0.1, 0.15) is 155 Å². The van der Waals surface area contributed by atoms with E-state index in [1.165, 1.54) is 57.8 Å². The molecule has 0 aromatic carbocycles. The molecule has 0 bridgehead atoms. The van der Waals surface area contributed by atoms with Crippen LogP contribution in [0.5, 0.6) is 0 Å². The van der Waals surface area contributed by atoms with Crippen molar-refractivity contribution in [2.24, 2.45) is 0 Å². The van der Waals surface area contributed by atoms with Gasteiger partial charge in [-0.25, -0.2) is 4.57 Å². The Morgan fingerprint density at radius 1 is 0.492 bits per heavy atom. The first-order chi connectivity index (χ1) is 31.4. The van der Waals surface area contributed by atoms with Crippen LogP contribution >= 0.6 is 7.82 Å². The standard InChI is InChI=1S/C51H83O13P/c1-3-5-7-9-11-13-15-17-19-21-22-24-26-28-30-32-34-36-38-40-45(53)63-43(42-62-65(59,60)64-51-49(57)47(55)46(54)48(56)50(51)58)41-61-44(52)39-37-35-33-31-29-27-25-23-20-18-16-14-12-10-8-6-4-2/h5,7,11,13,17,19,22,24-25,27-28,30-31,33-34,36,43,46-51,54-58H,3-4,6,8-10,12,14-16,18,20-21,23,26,29,32,35,37-42H2,1-2H3,(H,59,60)/b7-5+,13-11+,19-17+,24-22+,27-25+,30-28+,33-31+,36-34+/t43-,46?,47-,48?,49?,50?,51?/m1/s1. The van der Waals surface area contributed by atoms with Crippen molar-refractivity contribution in [2.45, 2.75) is 198 Å². The first kappa shape index (κ1) is 59.8. The maximum atomic E-state index is 12.8. The number of phosphoric acid groups is 1. The molecule has 65 heavy (non-hydrogen) atoms. The molecule has 8 atom stereocenters. The summed E-state index contributed by atoms with van der Waals surface area (Å²) in [6, 6.07) is 0. The zero-order valence-corrected chi connectivity index (χ0v) is 40.1. The molecule has 1 aliphatic rings. The van der Waals surface area contributed by atoms with Gasteiger partial charge in [-0.05, 0) is 77.0 Å². The van der Waals surface area contributed by atoms with Crippen LogP contribution in [0.3, 0.4) is 0 Å². The number of unbranched alkanes of at least 4 members (excludes halogenated alkanes) is 10. The molecule has 0 spiro atoms. The number of aliphatic hydroxyl groups is 5. The molecule has 13 nitrogen and oxygen atoms in total. The zero-order chi connectivity index (χ0) is 47.8. The fourth-order valence-electron chi connectivity index (χ4n) is 6.59. The number of hydrogen-bond donors (Lipinski definition) is 6. The third-order valence-electron chi connectivity index (χ3n) is 10.4. The summed E-state index contributed by atoms with van der Waals surface area (Å²) in [6.45, 7) is 3.08. The van der Waals surface area contributed by atoms with E-state index in [1.807, 2.05) is 24.3 Å². The lowest BCUT2D eigenvalue weighted by Gasteiger charge is -2.41. The van der Waals surface area contributed by atoms with E-state index in [4.69, 9.17) is 18.5 Å². The summed E-state index contributed by atoms with van der Waals surface area (Å²) >= 11 is 0. The monoisotopic (exact) mass is 935 g/mol. The Morgan fingerprint density at radius 3 is 1.40 bits per heavy atom. The molecule has 0 saturated heterocycles. The molecular weight excluding hydrogens is 852 g/mol. The van der Waals surface area contributed by atoms with Crippen molar-refractivity contribution in [1.82, 2.24) is 0 Å². The highest BCUT2D eigenvalue weighted by molar-refractivity contribution is 7.47. The number of allylic oxidation sites excluding steroid dienone is 16. The van der Waals surface area contributed by atoms with Gasteiger partial charge in [-0.2, -0.15) is 0 Å².